The number of nitrogens with two attached hydrogens (primary N) is 2. The molecule has 2 aromatic rings. The number of rotatable bonds is 8. The van der Waals surface area contributed by atoms with Crippen LogP contribution in [0.25, 0.3) is 0 Å². The van der Waals surface area contributed by atoms with E-state index < -0.39 is 0 Å². The Morgan fingerprint density at radius 2 is 1.74 bits per heavy atom. The summed E-state index contributed by atoms with van der Waals surface area (Å²) in [5, 5.41) is 3.55. The van der Waals surface area contributed by atoms with Crippen molar-refractivity contribution in [3.8, 4) is 0 Å². The van der Waals surface area contributed by atoms with Crippen molar-refractivity contribution in [2.45, 2.75) is 39.7 Å². The lowest BCUT2D eigenvalue weighted by Crippen LogP contribution is -2.23. The molecule has 0 aromatic heterocycles. The molecule has 9 heteroatoms. The maximum absolute atomic E-state index is 11.6. The van der Waals surface area contributed by atoms with Gasteiger partial charge in [-0.25, -0.2) is 4.79 Å². The predicted molar refractivity (Wildman–Crippen MR) is 137 cm³/mol. The second kappa shape index (κ2) is 18.1. The SMILES string of the molecule is CN=C(N)N.COC(=O)c1cccc(CNC(=O)CCC(C)C)c1.O=CCc1ccc(Cl)cc1. The van der Waals surface area contributed by atoms with E-state index in [1.807, 2.05) is 18.2 Å². The fourth-order valence-corrected chi connectivity index (χ4v) is 2.48. The number of nitrogens with zero attached hydrogens (tertiary/aromatic N) is 1. The molecule has 2 rings (SSSR count). The summed E-state index contributed by atoms with van der Waals surface area (Å²) in [4.78, 5) is 36.4. The monoisotopic (exact) mass is 490 g/mol. The van der Waals surface area contributed by atoms with Crippen LogP contribution < -0.4 is 16.8 Å². The second-order valence-electron chi connectivity index (χ2n) is 7.55. The second-order valence-corrected chi connectivity index (χ2v) is 7.98. The Morgan fingerprint density at radius 1 is 1.12 bits per heavy atom. The highest BCUT2D eigenvalue weighted by Crippen LogP contribution is 2.09. The molecule has 8 nitrogen and oxygen atoms in total. The smallest absolute Gasteiger partial charge is 0.337 e. The third kappa shape index (κ3) is 15.4. The summed E-state index contributed by atoms with van der Waals surface area (Å²) in [6, 6.07) is 14.3. The number of hydrogen-bond donors (Lipinski definition) is 3. The van der Waals surface area contributed by atoms with Crippen molar-refractivity contribution in [2.75, 3.05) is 14.2 Å². The minimum atomic E-state index is -0.368. The average molecular weight is 491 g/mol. The van der Waals surface area contributed by atoms with Gasteiger partial charge in [0.2, 0.25) is 5.91 Å². The van der Waals surface area contributed by atoms with E-state index in [1.165, 1.54) is 14.2 Å². The molecule has 0 aliphatic carbocycles. The van der Waals surface area contributed by atoms with Gasteiger partial charge in [0.15, 0.2) is 5.96 Å². The Labute approximate surface area is 206 Å². The fourth-order valence-electron chi connectivity index (χ4n) is 2.35. The van der Waals surface area contributed by atoms with Crippen LogP contribution in [0.5, 0.6) is 0 Å². The number of esters is 1. The zero-order valence-electron chi connectivity index (χ0n) is 20.2. The first kappa shape index (κ1) is 30.6. The molecule has 1 amide bonds. The number of carbonyl (C=O) groups excluding carboxylic acids is 3. The first-order valence-electron chi connectivity index (χ1n) is 10.7. The molecule has 0 heterocycles. The number of amides is 1. The molecule has 0 atom stereocenters. The van der Waals surface area contributed by atoms with Crippen LogP contribution in [0.2, 0.25) is 5.02 Å². The molecule has 34 heavy (non-hydrogen) atoms. The molecule has 0 fully saturated rings. The van der Waals surface area contributed by atoms with Crippen molar-refractivity contribution < 1.29 is 19.1 Å². The summed E-state index contributed by atoms with van der Waals surface area (Å²) in [6.45, 7) is 4.61. The van der Waals surface area contributed by atoms with Crippen molar-refractivity contribution in [3.63, 3.8) is 0 Å². The highest BCUT2D eigenvalue weighted by atomic mass is 35.5. The first-order chi connectivity index (χ1) is 16.1. The maximum Gasteiger partial charge on any atom is 0.337 e. The third-order valence-corrected chi connectivity index (χ3v) is 4.53. The Bertz CT molecular complexity index is 911. The van der Waals surface area contributed by atoms with E-state index in [4.69, 9.17) is 23.1 Å². The summed E-state index contributed by atoms with van der Waals surface area (Å²) < 4.78 is 4.66. The number of aldehydes is 1. The Morgan fingerprint density at radius 3 is 2.24 bits per heavy atom. The highest BCUT2D eigenvalue weighted by Gasteiger charge is 2.07. The van der Waals surface area contributed by atoms with Crippen molar-refractivity contribution in [1.82, 2.24) is 5.32 Å². The van der Waals surface area contributed by atoms with Gasteiger partial charge in [-0.15, -0.1) is 0 Å². The predicted octanol–water partition coefficient (Wildman–Crippen LogP) is 3.50. The lowest BCUT2D eigenvalue weighted by Gasteiger charge is -2.08. The molecule has 0 aliphatic heterocycles. The van der Waals surface area contributed by atoms with E-state index in [1.54, 1.807) is 30.3 Å². The molecule has 0 bridgehead atoms. The number of nitrogens with one attached hydrogen (secondary N) is 1. The van der Waals surface area contributed by atoms with Crippen LogP contribution in [-0.2, 0) is 27.3 Å². The molecule has 186 valence electrons. The van der Waals surface area contributed by atoms with Crippen LogP contribution in [0.1, 0.15) is 48.2 Å². The molecule has 2 aromatic carbocycles. The van der Waals surface area contributed by atoms with Crippen LogP contribution >= 0.6 is 11.6 Å². The van der Waals surface area contributed by atoms with E-state index in [0.717, 1.165) is 23.8 Å². The maximum atomic E-state index is 11.6. The Balaban J connectivity index is 0.000000601. The fraction of sp³-hybridized carbons (Fsp3) is 0.360. The van der Waals surface area contributed by atoms with Crippen molar-refractivity contribution in [3.05, 3.63) is 70.2 Å². The molecule has 0 unspecified atom stereocenters. The number of hydrogen-bond acceptors (Lipinski definition) is 5. The van der Waals surface area contributed by atoms with Gasteiger partial charge in [0, 0.05) is 31.5 Å². The highest BCUT2D eigenvalue weighted by molar-refractivity contribution is 6.30. The van der Waals surface area contributed by atoms with E-state index >= 15 is 0 Å². The van der Waals surface area contributed by atoms with Crippen LogP contribution in [0.15, 0.2) is 53.5 Å². The standard InChI is InChI=1S/C15H21NO3.C8H7ClO.C2H7N3/c1-11(2)7-8-14(17)16-10-12-5-4-6-13(9-12)15(18)19-3;9-8-3-1-7(2-4-8)5-6-10;1-5-2(3)4/h4-6,9,11H,7-8,10H2,1-3H3,(H,16,17);1-4,6H,5H2;1H3,(H4,3,4,5). The Hall–Kier alpha value is -3.39. The molecule has 0 saturated carbocycles. The lowest BCUT2D eigenvalue weighted by molar-refractivity contribution is -0.121. The zero-order chi connectivity index (χ0) is 25.9. The van der Waals surface area contributed by atoms with Crippen LogP contribution in [0, 0.1) is 5.92 Å². The minimum absolute atomic E-state index is 0.0390. The van der Waals surface area contributed by atoms with E-state index in [-0.39, 0.29) is 17.8 Å². The van der Waals surface area contributed by atoms with Crippen molar-refractivity contribution in [2.24, 2.45) is 22.4 Å². The number of aliphatic imine (C=N–C) groups is 1. The Kier molecular flexibility index (Phi) is 16.3. The minimum Gasteiger partial charge on any atom is -0.465 e. The number of ether oxygens (including phenoxy) is 1. The van der Waals surface area contributed by atoms with Crippen molar-refractivity contribution in [1.29, 1.82) is 0 Å². The van der Waals surface area contributed by atoms with Crippen LogP contribution in [0.3, 0.4) is 0 Å². The van der Waals surface area contributed by atoms with Gasteiger partial charge < -0.3 is 26.3 Å². The molecule has 0 saturated heterocycles. The molecule has 5 N–H and O–H groups in total. The van der Waals surface area contributed by atoms with Gasteiger partial charge in [0.1, 0.15) is 6.29 Å². The van der Waals surface area contributed by atoms with E-state index in [0.29, 0.717) is 35.9 Å². The van der Waals surface area contributed by atoms with E-state index in [9.17, 15) is 14.4 Å². The first-order valence-corrected chi connectivity index (χ1v) is 11.1. The van der Waals surface area contributed by atoms with E-state index in [2.05, 4.69) is 28.9 Å². The van der Waals surface area contributed by atoms with Gasteiger partial charge in [-0.05, 0) is 47.7 Å². The van der Waals surface area contributed by atoms with Gasteiger partial charge in [0.25, 0.3) is 0 Å². The quantitative estimate of drug-likeness (QED) is 0.224. The number of methoxy groups -OCH3 is 1. The number of carbonyl (C=O) groups is 3. The largest absolute Gasteiger partial charge is 0.465 e. The van der Waals surface area contributed by atoms with Gasteiger partial charge in [-0.2, -0.15) is 0 Å². The van der Waals surface area contributed by atoms with Gasteiger partial charge in [0.05, 0.1) is 12.7 Å². The summed E-state index contributed by atoms with van der Waals surface area (Å²) in [7, 11) is 2.89. The molecular weight excluding hydrogens is 456 g/mol. The number of guanidine groups is 1. The molecular formula is C25H35ClN4O4. The molecule has 0 aliphatic rings. The summed E-state index contributed by atoms with van der Waals surface area (Å²) in [5.74, 6) is 0.323. The third-order valence-electron chi connectivity index (χ3n) is 4.28. The topological polar surface area (TPSA) is 137 Å². The molecule has 0 radical (unpaired) electrons. The zero-order valence-corrected chi connectivity index (χ0v) is 21.0. The normalized spacial score (nSPS) is 9.47. The summed E-state index contributed by atoms with van der Waals surface area (Å²) in [5.41, 5.74) is 12.0. The van der Waals surface area contributed by atoms with Crippen molar-refractivity contribution >= 4 is 35.7 Å². The van der Waals surface area contributed by atoms with Crippen LogP contribution in [0.4, 0.5) is 0 Å². The summed E-state index contributed by atoms with van der Waals surface area (Å²) >= 11 is 5.62. The summed E-state index contributed by atoms with van der Waals surface area (Å²) in [6.07, 6.45) is 2.77. The van der Waals surface area contributed by atoms with Gasteiger partial charge >= 0.3 is 5.97 Å². The number of benzene rings is 2. The van der Waals surface area contributed by atoms with Gasteiger partial charge in [-0.1, -0.05) is 49.7 Å². The molecule has 0 spiro atoms. The lowest BCUT2D eigenvalue weighted by atomic mass is 10.1. The van der Waals surface area contributed by atoms with Gasteiger partial charge in [-0.3, -0.25) is 9.79 Å². The average Bonchev–Trinajstić information content (AvgIpc) is 2.83. The number of halogens is 1. The van der Waals surface area contributed by atoms with Crippen LogP contribution in [-0.4, -0.2) is 38.3 Å².